The number of amides is 1. The third-order valence-corrected chi connectivity index (χ3v) is 4.18. The van der Waals surface area contributed by atoms with Crippen LogP contribution in [0.15, 0.2) is 47.5 Å². The highest BCUT2D eigenvalue weighted by Crippen LogP contribution is 2.20. The highest BCUT2D eigenvalue weighted by atomic mass is 35.5. The summed E-state index contributed by atoms with van der Waals surface area (Å²) in [5.74, 6) is 0.554. The number of rotatable bonds is 5. The van der Waals surface area contributed by atoms with Crippen molar-refractivity contribution in [3.63, 3.8) is 0 Å². The fourth-order valence-corrected chi connectivity index (χ4v) is 2.64. The quantitative estimate of drug-likeness (QED) is 0.552. The predicted molar refractivity (Wildman–Crippen MR) is 103 cm³/mol. The molecule has 3 N–H and O–H groups in total. The van der Waals surface area contributed by atoms with Crippen LogP contribution < -0.4 is 16.0 Å². The average Bonchev–Trinajstić information content (AvgIpc) is 2.63. The zero-order valence-electron chi connectivity index (χ0n) is 14.1. The molecule has 2 aromatic carbocycles. The van der Waals surface area contributed by atoms with E-state index in [1.54, 1.807) is 38.4 Å². The third-order valence-electron chi connectivity index (χ3n) is 3.59. The molecule has 0 fully saturated rings. The maximum Gasteiger partial charge on any atom is 0.251 e. The van der Waals surface area contributed by atoms with Gasteiger partial charge in [-0.2, -0.15) is 0 Å². The van der Waals surface area contributed by atoms with E-state index in [0.717, 1.165) is 11.1 Å². The van der Waals surface area contributed by atoms with Crippen molar-refractivity contribution >= 4 is 35.1 Å². The van der Waals surface area contributed by atoms with Crippen molar-refractivity contribution in [2.45, 2.75) is 13.1 Å². The van der Waals surface area contributed by atoms with Gasteiger partial charge in [0.25, 0.3) is 5.91 Å². The van der Waals surface area contributed by atoms with E-state index in [1.165, 1.54) is 0 Å². The van der Waals surface area contributed by atoms with Crippen molar-refractivity contribution in [1.29, 1.82) is 0 Å². The van der Waals surface area contributed by atoms with Gasteiger partial charge in [-0.05, 0) is 35.4 Å². The smallest absolute Gasteiger partial charge is 0.251 e. The number of halogens is 2. The molecule has 1 amide bonds. The molecule has 0 aliphatic heterocycles. The lowest BCUT2D eigenvalue weighted by Gasteiger charge is -2.13. The molecule has 0 atom stereocenters. The van der Waals surface area contributed by atoms with Crippen LogP contribution in [0.3, 0.4) is 0 Å². The number of hydrogen-bond donors (Lipinski definition) is 3. The van der Waals surface area contributed by atoms with Gasteiger partial charge in [-0.15, -0.1) is 0 Å². The first kappa shape index (κ1) is 19.1. The summed E-state index contributed by atoms with van der Waals surface area (Å²) in [5.41, 5.74) is 2.61. The molecule has 0 bridgehead atoms. The summed E-state index contributed by atoms with van der Waals surface area (Å²) in [6.45, 7) is 1.12. The Morgan fingerprint density at radius 3 is 2.32 bits per heavy atom. The van der Waals surface area contributed by atoms with Gasteiger partial charge in [0.1, 0.15) is 0 Å². The summed E-state index contributed by atoms with van der Waals surface area (Å²) in [4.78, 5) is 15.7. The Bertz CT molecular complexity index is 760. The van der Waals surface area contributed by atoms with Crippen LogP contribution in [0.4, 0.5) is 0 Å². The molecule has 7 heteroatoms. The lowest BCUT2D eigenvalue weighted by molar-refractivity contribution is 0.0963. The Labute approximate surface area is 157 Å². The number of benzene rings is 2. The Balaban J connectivity index is 1.89. The maximum absolute atomic E-state index is 11.5. The molecule has 25 heavy (non-hydrogen) atoms. The van der Waals surface area contributed by atoms with Crippen molar-refractivity contribution in [2.24, 2.45) is 4.99 Å². The minimum Gasteiger partial charge on any atom is -0.355 e. The summed E-state index contributed by atoms with van der Waals surface area (Å²) < 4.78 is 0. The van der Waals surface area contributed by atoms with Crippen LogP contribution in [0.25, 0.3) is 0 Å². The SMILES string of the molecule is CN=C(NCc1ccc(C(=O)NC)cc1)NCc1ccc(Cl)cc1Cl. The first-order chi connectivity index (χ1) is 12.0. The van der Waals surface area contributed by atoms with Gasteiger partial charge < -0.3 is 16.0 Å². The number of nitrogens with one attached hydrogen (secondary N) is 3. The minimum absolute atomic E-state index is 0.100. The number of carbonyl (C=O) groups is 1. The highest BCUT2D eigenvalue weighted by molar-refractivity contribution is 6.35. The fraction of sp³-hybridized carbons (Fsp3) is 0.222. The first-order valence-corrected chi connectivity index (χ1v) is 8.48. The Hall–Kier alpha value is -2.24. The molecular weight excluding hydrogens is 359 g/mol. The molecule has 0 radical (unpaired) electrons. The Morgan fingerprint density at radius 1 is 1.04 bits per heavy atom. The van der Waals surface area contributed by atoms with E-state index in [0.29, 0.717) is 34.7 Å². The fourth-order valence-electron chi connectivity index (χ4n) is 2.17. The topological polar surface area (TPSA) is 65.5 Å². The molecule has 0 heterocycles. The first-order valence-electron chi connectivity index (χ1n) is 7.73. The van der Waals surface area contributed by atoms with Gasteiger partial charge in [-0.1, -0.05) is 41.4 Å². The molecule has 0 unspecified atom stereocenters. The van der Waals surface area contributed by atoms with Crippen LogP contribution in [0, 0.1) is 0 Å². The molecule has 5 nitrogen and oxygen atoms in total. The van der Waals surface area contributed by atoms with Crippen LogP contribution in [0.5, 0.6) is 0 Å². The second kappa shape index (κ2) is 9.30. The van der Waals surface area contributed by atoms with E-state index in [1.807, 2.05) is 18.2 Å². The van der Waals surface area contributed by atoms with Gasteiger partial charge in [0.05, 0.1) is 0 Å². The lowest BCUT2D eigenvalue weighted by atomic mass is 10.1. The number of guanidine groups is 1. The molecular formula is C18H20Cl2N4O. The molecule has 2 rings (SSSR count). The number of carbonyl (C=O) groups excluding carboxylic acids is 1. The molecule has 0 aliphatic carbocycles. The van der Waals surface area contributed by atoms with Gasteiger partial charge in [-0.3, -0.25) is 9.79 Å². The summed E-state index contributed by atoms with van der Waals surface area (Å²) in [5, 5.41) is 10.2. The van der Waals surface area contributed by atoms with Gasteiger partial charge in [-0.25, -0.2) is 0 Å². The molecule has 132 valence electrons. The van der Waals surface area contributed by atoms with Crippen molar-refractivity contribution < 1.29 is 4.79 Å². The van der Waals surface area contributed by atoms with Crippen LogP contribution >= 0.6 is 23.2 Å². The lowest BCUT2D eigenvalue weighted by Crippen LogP contribution is -2.36. The second-order valence-corrected chi connectivity index (χ2v) is 6.13. The predicted octanol–water partition coefficient (Wildman–Crippen LogP) is 3.22. The average molecular weight is 379 g/mol. The van der Waals surface area contributed by atoms with Crippen LogP contribution in [-0.4, -0.2) is 26.0 Å². The Kier molecular flexibility index (Phi) is 7.10. The van der Waals surface area contributed by atoms with Gasteiger partial charge in [0, 0.05) is 42.8 Å². The van der Waals surface area contributed by atoms with Crippen molar-refractivity contribution in [3.8, 4) is 0 Å². The number of nitrogens with zero attached hydrogens (tertiary/aromatic N) is 1. The monoisotopic (exact) mass is 378 g/mol. The number of hydrogen-bond acceptors (Lipinski definition) is 2. The van der Waals surface area contributed by atoms with E-state index < -0.39 is 0 Å². The van der Waals surface area contributed by atoms with Crippen LogP contribution in [0.2, 0.25) is 10.0 Å². The largest absolute Gasteiger partial charge is 0.355 e. The third kappa shape index (κ3) is 5.66. The summed E-state index contributed by atoms with van der Waals surface area (Å²) >= 11 is 12.1. The van der Waals surface area contributed by atoms with Crippen LogP contribution in [-0.2, 0) is 13.1 Å². The van der Waals surface area contributed by atoms with E-state index in [4.69, 9.17) is 23.2 Å². The molecule has 2 aromatic rings. The summed E-state index contributed by atoms with van der Waals surface area (Å²) in [6, 6.07) is 12.8. The minimum atomic E-state index is -0.100. The van der Waals surface area contributed by atoms with Gasteiger partial charge in [0.2, 0.25) is 0 Å². The van der Waals surface area contributed by atoms with Crippen molar-refractivity contribution in [1.82, 2.24) is 16.0 Å². The van der Waals surface area contributed by atoms with Crippen molar-refractivity contribution in [3.05, 3.63) is 69.2 Å². The second-order valence-electron chi connectivity index (χ2n) is 5.29. The molecule has 0 aliphatic rings. The van der Waals surface area contributed by atoms with Crippen LogP contribution in [0.1, 0.15) is 21.5 Å². The van der Waals surface area contributed by atoms with E-state index in [9.17, 15) is 4.79 Å². The standard InChI is InChI=1S/C18H20Cl2N4O/c1-21-17(25)13-5-3-12(4-6-13)10-23-18(22-2)24-11-14-7-8-15(19)9-16(14)20/h3-9H,10-11H2,1-2H3,(H,21,25)(H2,22,23,24). The van der Waals surface area contributed by atoms with E-state index >= 15 is 0 Å². The highest BCUT2D eigenvalue weighted by Gasteiger charge is 2.05. The molecule has 0 saturated carbocycles. The molecule has 0 spiro atoms. The zero-order valence-corrected chi connectivity index (χ0v) is 15.6. The van der Waals surface area contributed by atoms with E-state index in [2.05, 4.69) is 20.9 Å². The number of aliphatic imine (C=N–C) groups is 1. The van der Waals surface area contributed by atoms with Crippen molar-refractivity contribution in [2.75, 3.05) is 14.1 Å². The molecule has 0 aromatic heterocycles. The normalized spacial score (nSPS) is 11.1. The maximum atomic E-state index is 11.5. The van der Waals surface area contributed by atoms with Gasteiger partial charge in [0.15, 0.2) is 5.96 Å². The summed E-state index contributed by atoms with van der Waals surface area (Å²) in [6.07, 6.45) is 0. The molecule has 0 saturated heterocycles. The van der Waals surface area contributed by atoms with Gasteiger partial charge >= 0.3 is 0 Å². The summed E-state index contributed by atoms with van der Waals surface area (Å²) in [7, 11) is 3.31. The zero-order chi connectivity index (χ0) is 18.2. The Morgan fingerprint density at radius 2 is 1.72 bits per heavy atom. The van der Waals surface area contributed by atoms with E-state index in [-0.39, 0.29) is 5.91 Å².